The van der Waals surface area contributed by atoms with E-state index >= 15 is 0 Å². The quantitative estimate of drug-likeness (QED) is 0.745. The second-order valence-electron chi connectivity index (χ2n) is 5.58. The Hall–Kier alpha value is 0.134. The van der Waals surface area contributed by atoms with Crippen molar-refractivity contribution in [2.45, 2.75) is 36.8 Å². The highest BCUT2D eigenvalue weighted by atomic mass is 79.9. The summed E-state index contributed by atoms with van der Waals surface area (Å²) in [5, 5.41) is 0. The third-order valence-electron chi connectivity index (χ3n) is 3.86. The summed E-state index contributed by atoms with van der Waals surface area (Å²) in [7, 11) is 7.46. The Morgan fingerprint density at radius 3 is 1.71 bits per heavy atom. The predicted molar refractivity (Wildman–Crippen MR) is 76.8 cm³/mol. The first-order chi connectivity index (χ1) is 8.11. The molecule has 86 valence electrons. The highest BCUT2D eigenvalue weighted by Gasteiger charge is 2.33. The van der Waals surface area contributed by atoms with Crippen LogP contribution in [0.25, 0.3) is 0 Å². The molecule has 0 heterocycles. The standard InChI is InChI=1S/C14H15BrSi2/c15-12-4-8(2-10-6-13(10)16)1-9(5-12)3-11-7-14(11)17/h1,4-5,10-11,13-14H,2-3,6-7H2/t10-,11+,13-,14+. The molecule has 0 nitrogen and oxygen atoms in total. The van der Waals surface area contributed by atoms with Crippen LogP contribution in [0.15, 0.2) is 22.7 Å². The van der Waals surface area contributed by atoms with Crippen LogP contribution in [0.1, 0.15) is 24.0 Å². The SMILES string of the molecule is [Si][C@@H]1C[C@H]1Cc1cc(Br)cc(C[C@H]2C[C@@H]2[Si])c1. The minimum Gasteiger partial charge on any atom is -0.0557 e. The second-order valence-corrected chi connectivity index (χ2v) is 7.98. The molecule has 0 amide bonds. The van der Waals surface area contributed by atoms with Crippen LogP contribution in [0, 0.1) is 11.8 Å². The number of hydrogen-bond donors (Lipinski definition) is 0. The summed E-state index contributed by atoms with van der Waals surface area (Å²) >= 11 is 3.64. The summed E-state index contributed by atoms with van der Waals surface area (Å²) in [5.74, 6) is 1.72. The Morgan fingerprint density at radius 1 is 0.941 bits per heavy atom. The van der Waals surface area contributed by atoms with Gasteiger partial charge < -0.3 is 0 Å². The average molecular weight is 319 g/mol. The van der Waals surface area contributed by atoms with E-state index in [1.807, 2.05) is 0 Å². The van der Waals surface area contributed by atoms with Gasteiger partial charge in [-0.15, -0.1) is 0 Å². The van der Waals surface area contributed by atoms with Gasteiger partial charge in [0.25, 0.3) is 0 Å². The first kappa shape index (κ1) is 12.2. The van der Waals surface area contributed by atoms with E-state index in [9.17, 15) is 0 Å². The minimum absolute atomic E-state index is 0.757. The zero-order valence-corrected chi connectivity index (χ0v) is 13.3. The van der Waals surface area contributed by atoms with E-state index in [1.54, 1.807) is 0 Å². The minimum atomic E-state index is 0.757. The molecule has 0 N–H and O–H groups in total. The molecule has 2 aliphatic carbocycles. The molecular weight excluding hydrogens is 304 g/mol. The van der Waals surface area contributed by atoms with Crippen molar-refractivity contribution in [1.82, 2.24) is 0 Å². The lowest BCUT2D eigenvalue weighted by Gasteiger charge is -2.06. The lowest BCUT2D eigenvalue weighted by Crippen LogP contribution is -1.94. The van der Waals surface area contributed by atoms with E-state index in [2.05, 4.69) is 54.6 Å². The van der Waals surface area contributed by atoms with Gasteiger partial charge in [-0.3, -0.25) is 0 Å². The lowest BCUT2D eigenvalue weighted by molar-refractivity contribution is 0.809. The summed E-state index contributed by atoms with van der Waals surface area (Å²) in [5.41, 5.74) is 4.50. The van der Waals surface area contributed by atoms with Crippen LogP contribution in [-0.4, -0.2) is 20.5 Å². The fraction of sp³-hybridized carbons (Fsp3) is 0.571. The van der Waals surface area contributed by atoms with Crippen molar-refractivity contribution in [3.63, 3.8) is 0 Å². The number of rotatable bonds is 4. The smallest absolute Gasteiger partial charge is 0.0270 e. The molecule has 0 spiro atoms. The molecule has 6 radical (unpaired) electrons. The Balaban J connectivity index is 1.70. The average Bonchev–Trinajstić information content (AvgIpc) is 3.09. The summed E-state index contributed by atoms with van der Waals surface area (Å²) < 4.78 is 1.24. The van der Waals surface area contributed by atoms with Gasteiger partial charge in [0.05, 0.1) is 0 Å². The van der Waals surface area contributed by atoms with Crippen LogP contribution < -0.4 is 0 Å². The Labute approximate surface area is 119 Å². The molecule has 0 saturated heterocycles. The molecule has 1 aromatic carbocycles. The molecule has 3 rings (SSSR count). The fourth-order valence-electron chi connectivity index (χ4n) is 2.50. The molecule has 2 saturated carbocycles. The van der Waals surface area contributed by atoms with Crippen molar-refractivity contribution in [3.8, 4) is 0 Å². The first-order valence-corrected chi connectivity index (χ1v) is 8.27. The first-order valence-electron chi connectivity index (χ1n) is 6.32. The summed E-state index contributed by atoms with van der Waals surface area (Å²) in [6, 6.07) is 6.96. The van der Waals surface area contributed by atoms with Crippen molar-refractivity contribution in [1.29, 1.82) is 0 Å². The monoisotopic (exact) mass is 318 g/mol. The van der Waals surface area contributed by atoms with E-state index in [1.165, 1.54) is 41.3 Å². The Morgan fingerprint density at radius 2 is 1.35 bits per heavy atom. The molecule has 0 aliphatic heterocycles. The molecule has 3 heteroatoms. The molecule has 17 heavy (non-hydrogen) atoms. The third kappa shape index (κ3) is 3.12. The topological polar surface area (TPSA) is 0 Å². The van der Waals surface area contributed by atoms with Gasteiger partial charge in [-0.25, -0.2) is 0 Å². The molecular formula is C14H15BrSi2. The maximum atomic E-state index is 3.73. The van der Waals surface area contributed by atoms with Crippen molar-refractivity contribution < 1.29 is 0 Å². The molecule has 2 fully saturated rings. The highest BCUT2D eigenvalue weighted by molar-refractivity contribution is 9.10. The van der Waals surface area contributed by atoms with Gasteiger partial charge in [0.1, 0.15) is 0 Å². The van der Waals surface area contributed by atoms with Crippen LogP contribution in [0.4, 0.5) is 0 Å². The second kappa shape index (κ2) is 4.67. The van der Waals surface area contributed by atoms with Crippen molar-refractivity contribution in [2.24, 2.45) is 11.8 Å². The van der Waals surface area contributed by atoms with Crippen LogP contribution >= 0.6 is 15.9 Å². The summed E-state index contributed by atoms with van der Waals surface area (Å²) in [4.78, 5) is 0. The molecule has 0 aromatic heterocycles. The molecule has 0 unspecified atom stereocenters. The highest BCUT2D eigenvalue weighted by Crippen LogP contribution is 2.46. The maximum absolute atomic E-state index is 3.73. The lowest BCUT2D eigenvalue weighted by atomic mass is 10.0. The Kier molecular flexibility index (Phi) is 3.35. The van der Waals surface area contributed by atoms with Gasteiger partial charge in [-0.2, -0.15) is 0 Å². The normalized spacial score (nSPS) is 34.8. The van der Waals surface area contributed by atoms with E-state index in [4.69, 9.17) is 0 Å². The van der Waals surface area contributed by atoms with Gasteiger partial charge in [0.2, 0.25) is 0 Å². The van der Waals surface area contributed by atoms with Gasteiger partial charge in [-0.1, -0.05) is 34.8 Å². The van der Waals surface area contributed by atoms with Crippen molar-refractivity contribution >= 4 is 36.4 Å². The third-order valence-corrected chi connectivity index (χ3v) is 5.73. The number of halogens is 1. The van der Waals surface area contributed by atoms with E-state index in [0.717, 1.165) is 22.9 Å². The molecule has 4 atom stereocenters. The molecule has 1 aromatic rings. The van der Waals surface area contributed by atoms with Crippen LogP contribution in [0.2, 0.25) is 11.1 Å². The van der Waals surface area contributed by atoms with Gasteiger partial charge in [-0.05, 0) is 59.0 Å². The van der Waals surface area contributed by atoms with Crippen LogP contribution in [0.5, 0.6) is 0 Å². The number of hydrogen-bond acceptors (Lipinski definition) is 0. The largest absolute Gasteiger partial charge is 0.0557 e. The summed E-state index contributed by atoms with van der Waals surface area (Å²) in [6.45, 7) is 0. The van der Waals surface area contributed by atoms with Crippen LogP contribution in [0.3, 0.4) is 0 Å². The zero-order chi connectivity index (χ0) is 12.0. The van der Waals surface area contributed by atoms with E-state index < -0.39 is 0 Å². The molecule has 2 aliphatic rings. The molecule has 0 bridgehead atoms. The van der Waals surface area contributed by atoms with Gasteiger partial charge in [0, 0.05) is 25.0 Å². The predicted octanol–water partition coefficient (Wildman–Crippen LogP) is 3.49. The van der Waals surface area contributed by atoms with Crippen molar-refractivity contribution in [3.05, 3.63) is 33.8 Å². The van der Waals surface area contributed by atoms with Crippen LogP contribution in [-0.2, 0) is 12.8 Å². The zero-order valence-electron chi connectivity index (χ0n) is 9.75. The maximum Gasteiger partial charge on any atom is 0.0270 e. The number of benzene rings is 1. The Bertz CT molecular complexity index is 396. The van der Waals surface area contributed by atoms with Gasteiger partial charge >= 0.3 is 0 Å². The fourth-order valence-corrected chi connectivity index (χ4v) is 3.93. The van der Waals surface area contributed by atoms with E-state index in [0.29, 0.717) is 0 Å². The van der Waals surface area contributed by atoms with E-state index in [-0.39, 0.29) is 0 Å². The van der Waals surface area contributed by atoms with Crippen molar-refractivity contribution in [2.75, 3.05) is 0 Å². The van der Waals surface area contributed by atoms with Gasteiger partial charge in [0.15, 0.2) is 0 Å². The summed E-state index contributed by atoms with van der Waals surface area (Å²) in [6.07, 6.45) is 5.13.